The largest absolute Gasteiger partial charge is 0.508 e. The molecule has 0 atom stereocenters. The Bertz CT molecular complexity index is 1260. The van der Waals surface area contributed by atoms with E-state index in [1.807, 2.05) is 43.3 Å². The molecule has 0 unspecified atom stereocenters. The molecule has 4 aromatic rings. The molecule has 2 aromatic heterocycles. The van der Waals surface area contributed by atoms with Crippen molar-refractivity contribution >= 4 is 29.3 Å². The molecule has 0 saturated heterocycles. The lowest BCUT2D eigenvalue weighted by atomic mass is 10.1. The summed E-state index contributed by atoms with van der Waals surface area (Å²) in [6.07, 6.45) is 8.28. The van der Waals surface area contributed by atoms with E-state index in [0.717, 1.165) is 28.1 Å². The zero-order chi connectivity index (χ0) is 22.3. The predicted molar refractivity (Wildman–Crippen MR) is 125 cm³/mol. The van der Waals surface area contributed by atoms with Crippen LogP contribution in [0.5, 0.6) is 5.75 Å². The maximum atomic E-state index is 12.3. The van der Waals surface area contributed by atoms with Crippen molar-refractivity contribution in [3.8, 4) is 17.0 Å². The Hall–Kier alpha value is -4.52. The van der Waals surface area contributed by atoms with Crippen molar-refractivity contribution < 1.29 is 9.90 Å². The fraction of sp³-hybridized carbons (Fsp3) is 0.0400. The normalized spacial score (nSPS) is 10.8. The van der Waals surface area contributed by atoms with Crippen LogP contribution >= 0.6 is 0 Å². The summed E-state index contributed by atoms with van der Waals surface area (Å²) in [4.78, 5) is 25.3. The van der Waals surface area contributed by atoms with Crippen molar-refractivity contribution in [1.82, 2.24) is 15.0 Å². The second-order valence-electron chi connectivity index (χ2n) is 7.08. The molecule has 0 aliphatic heterocycles. The van der Waals surface area contributed by atoms with Crippen molar-refractivity contribution in [3.63, 3.8) is 0 Å². The summed E-state index contributed by atoms with van der Waals surface area (Å²) in [7, 11) is 0. The summed E-state index contributed by atoms with van der Waals surface area (Å²) >= 11 is 0. The maximum absolute atomic E-state index is 12.3. The summed E-state index contributed by atoms with van der Waals surface area (Å²) in [6, 6.07) is 17.8. The molecule has 1 amide bonds. The molecular formula is C25H21N5O2. The van der Waals surface area contributed by atoms with E-state index in [0.29, 0.717) is 11.6 Å². The van der Waals surface area contributed by atoms with Crippen LogP contribution in [0.15, 0.2) is 85.3 Å². The number of amides is 1. The van der Waals surface area contributed by atoms with Gasteiger partial charge < -0.3 is 15.7 Å². The number of rotatable bonds is 6. The molecular weight excluding hydrogens is 402 g/mol. The van der Waals surface area contributed by atoms with Crippen LogP contribution in [-0.2, 0) is 4.79 Å². The Morgan fingerprint density at radius 1 is 1.03 bits per heavy atom. The van der Waals surface area contributed by atoms with Crippen LogP contribution in [0.3, 0.4) is 0 Å². The number of nitrogens with one attached hydrogen (secondary N) is 2. The lowest BCUT2D eigenvalue weighted by Gasteiger charge is -2.11. The third kappa shape index (κ3) is 5.34. The van der Waals surface area contributed by atoms with Crippen molar-refractivity contribution in [1.29, 1.82) is 0 Å². The van der Waals surface area contributed by atoms with Gasteiger partial charge in [-0.05, 0) is 66.6 Å². The minimum Gasteiger partial charge on any atom is -0.508 e. The Morgan fingerprint density at radius 2 is 1.88 bits per heavy atom. The van der Waals surface area contributed by atoms with Gasteiger partial charge in [0, 0.05) is 41.6 Å². The van der Waals surface area contributed by atoms with E-state index in [9.17, 15) is 9.90 Å². The molecule has 7 heteroatoms. The Kier molecular flexibility index (Phi) is 6.17. The second kappa shape index (κ2) is 9.53. The number of anilines is 3. The summed E-state index contributed by atoms with van der Waals surface area (Å²) in [5.74, 6) is 0.370. The number of aromatic nitrogens is 3. The first kappa shape index (κ1) is 20.7. The summed E-state index contributed by atoms with van der Waals surface area (Å²) in [5.41, 5.74) is 4.89. The zero-order valence-electron chi connectivity index (χ0n) is 17.4. The number of hydrogen-bond donors (Lipinski definition) is 3. The van der Waals surface area contributed by atoms with Gasteiger partial charge in [-0.15, -0.1) is 0 Å². The number of carbonyl (C=O) groups excluding carboxylic acids is 1. The Balaban J connectivity index is 1.47. The smallest absolute Gasteiger partial charge is 0.248 e. The number of phenols is 1. The topological polar surface area (TPSA) is 100 Å². The molecule has 0 fully saturated rings. The van der Waals surface area contributed by atoms with Crippen molar-refractivity contribution in [2.75, 3.05) is 10.6 Å². The van der Waals surface area contributed by atoms with Crippen LogP contribution in [0.2, 0.25) is 0 Å². The van der Waals surface area contributed by atoms with E-state index in [2.05, 4.69) is 25.6 Å². The number of nitrogens with zero attached hydrogens (tertiary/aromatic N) is 3. The molecule has 158 valence electrons. The summed E-state index contributed by atoms with van der Waals surface area (Å²) < 4.78 is 0. The van der Waals surface area contributed by atoms with Crippen LogP contribution in [0.25, 0.3) is 17.3 Å². The van der Waals surface area contributed by atoms with Gasteiger partial charge in [-0.2, -0.15) is 0 Å². The average molecular weight is 423 g/mol. The summed E-state index contributed by atoms with van der Waals surface area (Å²) in [5, 5.41) is 15.4. The van der Waals surface area contributed by atoms with E-state index < -0.39 is 0 Å². The number of aromatic hydroxyl groups is 1. The van der Waals surface area contributed by atoms with Crippen LogP contribution < -0.4 is 10.6 Å². The zero-order valence-corrected chi connectivity index (χ0v) is 17.4. The number of aryl methyl sites for hydroxylation is 1. The van der Waals surface area contributed by atoms with Gasteiger partial charge in [0.15, 0.2) is 0 Å². The van der Waals surface area contributed by atoms with Crippen LogP contribution in [0.4, 0.5) is 17.3 Å². The molecule has 0 radical (unpaired) electrons. The third-order valence-corrected chi connectivity index (χ3v) is 4.68. The van der Waals surface area contributed by atoms with Gasteiger partial charge in [-0.25, -0.2) is 9.97 Å². The van der Waals surface area contributed by atoms with Gasteiger partial charge >= 0.3 is 0 Å². The van der Waals surface area contributed by atoms with E-state index in [-0.39, 0.29) is 11.7 Å². The van der Waals surface area contributed by atoms with Crippen LogP contribution in [0, 0.1) is 6.92 Å². The SMILES string of the molecule is Cc1ccc(NC(=O)/C=C/c2ccc(O)cc2)cc1Nc1nccc(-c2cccnc2)n1. The first-order chi connectivity index (χ1) is 15.6. The lowest BCUT2D eigenvalue weighted by molar-refractivity contribution is -0.111. The third-order valence-electron chi connectivity index (χ3n) is 4.68. The van der Waals surface area contributed by atoms with Gasteiger partial charge in [0.1, 0.15) is 5.75 Å². The van der Waals surface area contributed by atoms with E-state index in [1.54, 1.807) is 48.9 Å². The van der Waals surface area contributed by atoms with E-state index in [1.165, 1.54) is 6.08 Å². The Morgan fingerprint density at radius 3 is 2.66 bits per heavy atom. The fourth-order valence-electron chi connectivity index (χ4n) is 2.99. The molecule has 0 saturated carbocycles. The number of carbonyl (C=O) groups is 1. The molecule has 2 aromatic carbocycles. The van der Waals surface area contributed by atoms with E-state index >= 15 is 0 Å². The maximum Gasteiger partial charge on any atom is 0.248 e. The van der Waals surface area contributed by atoms with Crippen molar-refractivity contribution in [2.45, 2.75) is 6.92 Å². The highest BCUT2D eigenvalue weighted by molar-refractivity contribution is 6.02. The molecule has 0 aliphatic carbocycles. The molecule has 4 rings (SSSR count). The highest BCUT2D eigenvalue weighted by Gasteiger charge is 2.07. The lowest BCUT2D eigenvalue weighted by Crippen LogP contribution is -2.08. The van der Waals surface area contributed by atoms with Gasteiger partial charge in [0.05, 0.1) is 5.69 Å². The van der Waals surface area contributed by atoms with Gasteiger partial charge in [-0.1, -0.05) is 18.2 Å². The molecule has 0 spiro atoms. The second-order valence-corrected chi connectivity index (χ2v) is 7.08. The fourth-order valence-corrected chi connectivity index (χ4v) is 2.99. The molecule has 2 heterocycles. The first-order valence-corrected chi connectivity index (χ1v) is 9.96. The van der Waals surface area contributed by atoms with Gasteiger partial charge in [0.25, 0.3) is 0 Å². The van der Waals surface area contributed by atoms with Gasteiger partial charge in [-0.3, -0.25) is 9.78 Å². The van der Waals surface area contributed by atoms with Crippen molar-refractivity contribution in [3.05, 3.63) is 96.5 Å². The monoisotopic (exact) mass is 423 g/mol. The number of hydrogen-bond acceptors (Lipinski definition) is 6. The highest BCUT2D eigenvalue weighted by atomic mass is 16.3. The molecule has 0 bridgehead atoms. The molecule has 3 N–H and O–H groups in total. The molecule has 0 aliphatic rings. The first-order valence-electron chi connectivity index (χ1n) is 9.96. The van der Waals surface area contributed by atoms with Crippen LogP contribution in [-0.4, -0.2) is 26.0 Å². The molecule has 7 nitrogen and oxygen atoms in total. The average Bonchev–Trinajstić information content (AvgIpc) is 2.82. The minimum atomic E-state index is -0.261. The predicted octanol–water partition coefficient (Wildman–Crippen LogP) is 4.95. The number of pyridine rings is 1. The number of phenolic OH excluding ortho intramolecular Hbond substituents is 1. The van der Waals surface area contributed by atoms with Crippen LogP contribution in [0.1, 0.15) is 11.1 Å². The number of benzene rings is 2. The van der Waals surface area contributed by atoms with Crippen molar-refractivity contribution in [2.24, 2.45) is 0 Å². The standard InChI is InChI=1S/C25H21N5O2/c1-17-4-8-20(28-24(32)11-7-18-5-9-21(31)10-6-18)15-23(17)30-25-27-14-12-22(29-25)19-3-2-13-26-16-19/h2-16,31H,1H3,(H,28,32)(H,27,29,30)/b11-7+. The van der Waals surface area contributed by atoms with Gasteiger partial charge in [0.2, 0.25) is 11.9 Å². The minimum absolute atomic E-state index is 0.182. The molecule has 32 heavy (non-hydrogen) atoms. The summed E-state index contributed by atoms with van der Waals surface area (Å²) in [6.45, 7) is 1.96. The Labute approximate surface area is 185 Å². The quantitative estimate of drug-likeness (QED) is 0.380. The highest BCUT2D eigenvalue weighted by Crippen LogP contribution is 2.24. The van der Waals surface area contributed by atoms with E-state index in [4.69, 9.17) is 0 Å².